The van der Waals surface area contributed by atoms with E-state index in [1.807, 2.05) is 0 Å². The van der Waals surface area contributed by atoms with E-state index >= 15 is 0 Å². The molecule has 1 aliphatic rings. The number of nitrogens with zero attached hydrogens (tertiary/aromatic N) is 2. The molecule has 4 rings (SSSR count). The molecule has 3 heterocycles. The van der Waals surface area contributed by atoms with Crippen LogP contribution in [0, 0.1) is 0 Å². The summed E-state index contributed by atoms with van der Waals surface area (Å²) in [5.41, 5.74) is 9.13. The molecule has 0 saturated heterocycles. The van der Waals surface area contributed by atoms with Gasteiger partial charge in [0.25, 0.3) is 0 Å². The van der Waals surface area contributed by atoms with Crippen molar-refractivity contribution in [1.29, 1.82) is 0 Å². The topological polar surface area (TPSA) is 41.6 Å². The highest BCUT2D eigenvalue weighted by Gasteiger charge is 2.30. The van der Waals surface area contributed by atoms with Gasteiger partial charge in [-0.05, 0) is 40.6 Å². The Morgan fingerprint density at radius 1 is 1.04 bits per heavy atom. The summed E-state index contributed by atoms with van der Waals surface area (Å²) in [6.45, 7) is 0.568. The molecule has 23 heavy (non-hydrogen) atoms. The molecule has 0 fully saturated rings. The highest BCUT2D eigenvalue weighted by molar-refractivity contribution is 7.12. The molecule has 3 aromatic rings. The van der Waals surface area contributed by atoms with E-state index in [0.29, 0.717) is 6.54 Å². The summed E-state index contributed by atoms with van der Waals surface area (Å²) in [4.78, 5) is 2.61. The average Bonchev–Trinajstić information content (AvgIpc) is 3.34. The molecule has 1 aliphatic heterocycles. The van der Waals surface area contributed by atoms with Gasteiger partial charge in [0.15, 0.2) is 0 Å². The second kappa shape index (κ2) is 6.28. The second-order valence-electron chi connectivity index (χ2n) is 5.47. The van der Waals surface area contributed by atoms with Gasteiger partial charge in [0.1, 0.15) is 0 Å². The number of hydrogen-bond acceptors (Lipinski definition) is 5. The Labute approximate surface area is 143 Å². The van der Waals surface area contributed by atoms with Crippen molar-refractivity contribution < 1.29 is 0 Å². The summed E-state index contributed by atoms with van der Waals surface area (Å²) in [5, 5.41) is 11.3. The zero-order chi connectivity index (χ0) is 15.6. The number of benzene rings is 1. The third-order valence-corrected chi connectivity index (χ3v) is 5.92. The van der Waals surface area contributed by atoms with Gasteiger partial charge in [-0.1, -0.05) is 24.3 Å². The van der Waals surface area contributed by atoms with Crippen molar-refractivity contribution in [2.75, 3.05) is 5.01 Å². The van der Waals surface area contributed by atoms with Crippen molar-refractivity contribution in [2.24, 2.45) is 10.8 Å². The number of thiophene rings is 2. The van der Waals surface area contributed by atoms with Gasteiger partial charge in [-0.15, -0.1) is 22.7 Å². The average molecular weight is 339 g/mol. The van der Waals surface area contributed by atoms with E-state index in [0.717, 1.165) is 17.7 Å². The minimum atomic E-state index is 0.274. The third kappa shape index (κ3) is 2.83. The van der Waals surface area contributed by atoms with Crippen LogP contribution in [0.3, 0.4) is 0 Å². The van der Waals surface area contributed by atoms with Crippen LogP contribution in [0.4, 0.5) is 5.69 Å². The van der Waals surface area contributed by atoms with E-state index in [9.17, 15) is 0 Å². The Morgan fingerprint density at radius 2 is 1.83 bits per heavy atom. The molecule has 0 bridgehead atoms. The Balaban J connectivity index is 1.72. The first-order chi connectivity index (χ1) is 11.3. The van der Waals surface area contributed by atoms with Crippen LogP contribution in [-0.2, 0) is 6.54 Å². The summed E-state index contributed by atoms with van der Waals surface area (Å²) in [5.74, 6) is 0. The van der Waals surface area contributed by atoms with Crippen molar-refractivity contribution >= 4 is 34.1 Å². The molecule has 0 aliphatic carbocycles. The van der Waals surface area contributed by atoms with E-state index < -0.39 is 0 Å². The van der Waals surface area contributed by atoms with E-state index in [2.05, 4.69) is 64.3 Å². The smallest absolute Gasteiger partial charge is 0.0923 e. The van der Waals surface area contributed by atoms with Gasteiger partial charge in [0, 0.05) is 17.8 Å². The lowest BCUT2D eigenvalue weighted by Gasteiger charge is -2.22. The molecule has 1 atom stereocenters. The van der Waals surface area contributed by atoms with E-state index in [1.165, 1.54) is 15.5 Å². The maximum absolute atomic E-state index is 5.71. The maximum atomic E-state index is 5.71. The Hall–Kier alpha value is -1.95. The first-order valence-corrected chi connectivity index (χ1v) is 9.34. The molecule has 0 saturated carbocycles. The quantitative estimate of drug-likeness (QED) is 0.753. The molecule has 3 nitrogen and oxygen atoms in total. The van der Waals surface area contributed by atoms with Crippen molar-refractivity contribution in [2.45, 2.75) is 19.0 Å². The summed E-state index contributed by atoms with van der Waals surface area (Å²) in [6, 6.07) is 17.2. The molecule has 0 radical (unpaired) electrons. The zero-order valence-corrected chi connectivity index (χ0v) is 14.2. The Kier molecular flexibility index (Phi) is 3.99. The predicted molar refractivity (Wildman–Crippen MR) is 99.3 cm³/mol. The van der Waals surface area contributed by atoms with E-state index in [1.54, 1.807) is 22.7 Å². The van der Waals surface area contributed by atoms with Crippen LogP contribution in [-0.4, -0.2) is 5.71 Å². The van der Waals surface area contributed by atoms with Gasteiger partial charge in [-0.3, -0.25) is 5.01 Å². The molecule has 1 unspecified atom stereocenters. The van der Waals surface area contributed by atoms with Gasteiger partial charge in [0.2, 0.25) is 0 Å². The fourth-order valence-electron chi connectivity index (χ4n) is 2.83. The maximum Gasteiger partial charge on any atom is 0.0923 e. The second-order valence-corrected chi connectivity index (χ2v) is 7.40. The van der Waals surface area contributed by atoms with Crippen molar-refractivity contribution in [3.8, 4) is 0 Å². The van der Waals surface area contributed by atoms with Gasteiger partial charge in [-0.25, -0.2) is 0 Å². The molecule has 5 heteroatoms. The first kappa shape index (κ1) is 14.6. The lowest BCUT2D eigenvalue weighted by Crippen LogP contribution is -2.17. The SMILES string of the molecule is NCc1ccc(N2N=C(c3cccs3)CC2c2cccs2)cc1. The number of hydrazone groups is 1. The number of nitrogens with two attached hydrogens (primary N) is 1. The number of hydrogen-bond donors (Lipinski definition) is 1. The van der Waals surface area contributed by atoms with E-state index in [4.69, 9.17) is 10.8 Å². The van der Waals surface area contributed by atoms with Gasteiger partial charge in [-0.2, -0.15) is 5.10 Å². The Morgan fingerprint density at radius 3 is 2.48 bits per heavy atom. The van der Waals surface area contributed by atoms with Gasteiger partial charge in [0.05, 0.1) is 22.3 Å². The minimum absolute atomic E-state index is 0.274. The lowest BCUT2D eigenvalue weighted by atomic mass is 10.1. The van der Waals surface area contributed by atoms with Crippen LogP contribution in [0.1, 0.15) is 27.8 Å². The molecule has 0 amide bonds. The molecule has 1 aromatic carbocycles. The van der Waals surface area contributed by atoms with E-state index in [-0.39, 0.29) is 6.04 Å². The molecule has 0 spiro atoms. The van der Waals surface area contributed by atoms with Crippen LogP contribution < -0.4 is 10.7 Å². The fourth-order valence-corrected chi connectivity index (χ4v) is 4.36. The van der Waals surface area contributed by atoms with Crippen molar-refractivity contribution in [1.82, 2.24) is 0 Å². The lowest BCUT2D eigenvalue weighted by molar-refractivity contribution is 0.722. The molecule has 116 valence electrons. The van der Waals surface area contributed by atoms with Crippen LogP contribution in [0.15, 0.2) is 64.4 Å². The van der Waals surface area contributed by atoms with Crippen LogP contribution in [0.5, 0.6) is 0 Å². The first-order valence-electron chi connectivity index (χ1n) is 7.58. The van der Waals surface area contributed by atoms with Crippen LogP contribution >= 0.6 is 22.7 Å². The summed E-state index contributed by atoms with van der Waals surface area (Å²) >= 11 is 3.55. The van der Waals surface area contributed by atoms with Crippen molar-refractivity contribution in [3.05, 3.63) is 74.6 Å². The summed E-state index contributed by atoms with van der Waals surface area (Å²) < 4.78 is 0. The Bertz CT molecular complexity index is 789. The van der Waals surface area contributed by atoms with Gasteiger partial charge < -0.3 is 5.73 Å². The monoisotopic (exact) mass is 339 g/mol. The zero-order valence-electron chi connectivity index (χ0n) is 12.6. The van der Waals surface area contributed by atoms with Crippen LogP contribution in [0.25, 0.3) is 0 Å². The molecular weight excluding hydrogens is 322 g/mol. The molecule has 2 aromatic heterocycles. The standard InChI is InChI=1S/C18H17N3S2/c19-12-13-5-7-14(8-6-13)21-16(18-4-2-10-23-18)11-15(20-21)17-3-1-9-22-17/h1-10,16H,11-12,19H2. The largest absolute Gasteiger partial charge is 0.326 e. The summed E-state index contributed by atoms with van der Waals surface area (Å²) in [7, 11) is 0. The number of anilines is 1. The highest BCUT2D eigenvalue weighted by atomic mass is 32.1. The van der Waals surface area contributed by atoms with Gasteiger partial charge >= 0.3 is 0 Å². The van der Waals surface area contributed by atoms with Crippen LogP contribution in [0.2, 0.25) is 0 Å². The molecular formula is C18H17N3S2. The highest BCUT2D eigenvalue weighted by Crippen LogP contribution is 2.39. The normalized spacial score (nSPS) is 17.5. The molecule has 2 N–H and O–H groups in total. The fraction of sp³-hybridized carbons (Fsp3) is 0.167. The third-order valence-electron chi connectivity index (χ3n) is 4.02. The van der Waals surface area contributed by atoms with Crippen molar-refractivity contribution in [3.63, 3.8) is 0 Å². The predicted octanol–water partition coefficient (Wildman–Crippen LogP) is 4.62. The minimum Gasteiger partial charge on any atom is -0.326 e. The number of rotatable bonds is 4. The summed E-state index contributed by atoms with van der Waals surface area (Å²) in [6.07, 6.45) is 0.944.